The number of hydrogen-bond donors (Lipinski definition) is 0. The molecule has 7 nitrogen and oxygen atoms in total. The molecule has 0 N–H and O–H groups in total. The molecule has 1 aliphatic carbocycles. The Hall–Kier alpha value is -4.16. The van der Waals surface area contributed by atoms with Crippen molar-refractivity contribution in [2.75, 3.05) is 13.7 Å². The number of benzene rings is 3. The van der Waals surface area contributed by atoms with Gasteiger partial charge in [-0.3, -0.25) is 9.59 Å². The minimum Gasteiger partial charge on any atom is -0.451 e. The van der Waals surface area contributed by atoms with Crippen molar-refractivity contribution in [2.45, 2.75) is 109 Å². The number of halogens is 3. The number of esters is 1. The van der Waals surface area contributed by atoms with E-state index in [9.17, 15) is 27.6 Å². The van der Waals surface area contributed by atoms with Gasteiger partial charge in [0.15, 0.2) is 17.7 Å². The summed E-state index contributed by atoms with van der Waals surface area (Å²) in [6, 6.07) is 26.7. The number of ketones is 2. The first kappa shape index (κ1) is 43.9. The Labute approximate surface area is 335 Å². The second-order valence-electron chi connectivity index (χ2n) is 16.7. The Kier molecular flexibility index (Phi) is 13.4. The average molecular weight is 805 g/mol. The molecular formula is C46H55F3O7Si. The smallest absolute Gasteiger partial charge is 0.432 e. The third-order valence-corrected chi connectivity index (χ3v) is 16.4. The SMILES string of the molecule is CO[C@](C(=O)O[C@@H]1C(=O)/C(C(C)C)=C/[C@@H]2O[C@]2(C)CC/C=C(/CO[Si](c2ccccc2)(c2ccccc2)C(C)(C)C)C(=O)CC[C@H]1C)(c1ccccc1)C(F)(F)F. The highest BCUT2D eigenvalue weighted by Crippen LogP contribution is 2.45. The van der Waals surface area contributed by atoms with Crippen LogP contribution in [0.1, 0.15) is 79.7 Å². The van der Waals surface area contributed by atoms with Crippen LogP contribution in [0.2, 0.25) is 5.04 Å². The lowest BCUT2D eigenvalue weighted by Crippen LogP contribution is -2.66. The average Bonchev–Trinajstić information content (AvgIpc) is 3.82. The second kappa shape index (κ2) is 17.4. The minimum atomic E-state index is -5.24. The Bertz CT molecular complexity index is 1900. The third kappa shape index (κ3) is 8.97. The van der Waals surface area contributed by atoms with E-state index in [2.05, 4.69) is 45.0 Å². The fraction of sp³-hybridized carbons (Fsp3) is 0.457. The van der Waals surface area contributed by atoms with E-state index in [1.165, 1.54) is 18.2 Å². The van der Waals surface area contributed by atoms with E-state index in [-0.39, 0.29) is 41.8 Å². The number of epoxide rings is 1. The van der Waals surface area contributed by atoms with E-state index in [0.29, 0.717) is 18.4 Å². The fourth-order valence-electron chi connectivity index (χ4n) is 7.97. The minimum absolute atomic E-state index is 0.0231. The summed E-state index contributed by atoms with van der Waals surface area (Å²) in [7, 11) is -2.25. The van der Waals surface area contributed by atoms with Crippen molar-refractivity contribution in [1.82, 2.24) is 0 Å². The van der Waals surface area contributed by atoms with Gasteiger partial charge in [-0.1, -0.05) is 139 Å². The van der Waals surface area contributed by atoms with E-state index in [1.807, 2.05) is 49.4 Å². The van der Waals surface area contributed by atoms with Gasteiger partial charge in [0.1, 0.15) is 6.10 Å². The molecule has 1 fully saturated rings. The quantitative estimate of drug-likeness (QED) is 0.115. The highest BCUT2D eigenvalue weighted by molar-refractivity contribution is 6.99. The van der Waals surface area contributed by atoms with Gasteiger partial charge in [-0.05, 0) is 53.6 Å². The zero-order valence-corrected chi connectivity index (χ0v) is 35.2. The van der Waals surface area contributed by atoms with Crippen LogP contribution in [0, 0.1) is 11.8 Å². The van der Waals surface area contributed by atoms with E-state index < -0.39 is 61.1 Å². The standard InChI is InChI=1S/C46H55F3O7Si/c1-31(2)37-29-39-44(7,56-39)28-18-19-33(30-54-57(43(4,5)6,35-22-14-10-15-23-35)36-24-16-11-17-25-36)38(50)27-26-32(3)41(40(37)51)55-42(52)45(53-8,46(47,48)49)34-20-12-9-13-21-34/h9-17,19-25,29,31-32,39,41H,18,26-28,30H2,1-8H3/b33-19-,37-29+/t32-,39+,41+,44-,45+/m1/s1. The number of alkyl halides is 3. The number of Topliss-reactive ketones (excluding diaryl/α,β-unsaturated/α-hetero) is 2. The lowest BCUT2D eigenvalue weighted by Gasteiger charge is -2.43. The molecule has 0 bridgehead atoms. The summed E-state index contributed by atoms with van der Waals surface area (Å²) in [5.74, 6) is -3.86. The number of carbonyl (C=O) groups is 3. The number of allylic oxidation sites excluding steroid dienone is 1. The molecule has 3 aromatic carbocycles. The Morgan fingerprint density at radius 3 is 1.95 bits per heavy atom. The van der Waals surface area contributed by atoms with Crippen LogP contribution in [-0.2, 0) is 38.6 Å². The molecule has 0 aromatic heterocycles. The highest BCUT2D eigenvalue weighted by Gasteiger charge is 2.65. The van der Waals surface area contributed by atoms with Gasteiger partial charge in [0.05, 0.1) is 12.2 Å². The number of hydrogen-bond acceptors (Lipinski definition) is 7. The molecule has 0 radical (unpaired) electrons. The van der Waals surface area contributed by atoms with Gasteiger partial charge in [-0.15, -0.1) is 0 Å². The molecule has 2 aliphatic rings. The van der Waals surface area contributed by atoms with Crippen LogP contribution in [0.15, 0.2) is 114 Å². The van der Waals surface area contributed by atoms with Crippen LogP contribution in [0.25, 0.3) is 0 Å². The molecule has 0 amide bonds. The molecule has 1 heterocycles. The summed E-state index contributed by atoms with van der Waals surface area (Å²) in [6.45, 7) is 13.6. The second-order valence-corrected chi connectivity index (χ2v) is 21.0. The molecular weight excluding hydrogens is 750 g/mol. The van der Waals surface area contributed by atoms with Crippen molar-refractivity contribution in [3.8, 4) is 0 Å². The predicted octanol–water partition coefficient (Wildman–Crippen LogP) is 8.59. The van der Waals surface area contributed by atoms with Crippen LogP contribution < -0.4 is 10.4 Å². The van der Waals surface area contributed by atoms with E-state index in [0.717, 1.165) is 29.6 Å². The first-order chi connectivity index (χ1) is 26.8. The maximum absolute atomic E-state index is 15.0. The number of carbonyl (C=O) groups excluding carboxylic acids is 3. The van der Waals surface area contributed by atoms with Crippen LogP contribution in [-0.4, -0.2) is 63.6 Å². The van der Waals surface area contributed by atoms with Crippen LogP contribution >= 0.6 is 0 Å². The molecule has 1 aliphatic heterocycles. The van der Waals surface area contributed by atoms with Crippen LogP contribution in [0.4, 0.5) is 13.2 Å². The largest absolute Gasteiger partial charge is 0.451 e. The topological polar surface area (TPSA) is 91.4 Å². The number of ether oxygens (including phenoxy) is 3. The fourth-order valence-corrected chi connectivity index (χ4v) is 12.5. The first-order valence-electron chi connectivity index (χ1n) is 19.6. The van der Waals surface area contributed by atoms with Crippen molar-refractivity contribution in [2.24, 2.45) is 11.8 Å². The molecule has 11 heteroatoms. The number of methoxy groups -OCH3 is 1. The Morgan fingerprint density at radius 1 is 0.912 bits per heavy atom. The molecule has 1 saturated heterocycles. The van der Waals surface area contributed by atoms with Gasteiger partial charge >= 0.3 is 12.1 Å². The monoisotopic (exact) mass is 804 g/mol. The van der Waals surface area contributed by atoms with Gasteiger partial charge in [0.2, 0.25) is 0 Å². The van der Waals surface area contributed by atoms with Gasteiger partial charge in [-0.25, -0.2) is 4.79 Å². The molecule has 0 spiro atoms. The molecule has 57 heavy (non-hydrogen) atoms. The first-order valence-corrected chi connectivity index (χ1v) is 21.5. The molecule has 5 atom stereocenters. The predicted molar refractivity (Wildman–Crippen MR) is 217 cm³/mol. The maximum atomic E-state index is 15.0. The molecule has 3 aromatic rings. The van der Waals surface area contributed by atoms with Crippen molar-refractivity contribution in [1.29, 1.82) is 0 Å². The van der Waals surface area contributed by atoms with Crippen molar-refractivity contribution in [3.05, 3.63) is 120 Å². The van der Waals surface area contributed by atoms with Crippen LogP contribution in [0.3, 0.4) is 0 Å². The van der Waals surface area contributed by atoms with Crippen molar-refractivity contribution < 1.29 is 46.2 Å². The maximum Gasteiger partial charge on any atom is 0.432 e. The lowest BCUT2D eigenvalue weighted by atomic mass is 9.85. The summed E-state index contributed by atoms with van der Waals surface area (Å²) >= 11 is 0. The Morgan fingerprint density at radius 2 is 1.46 bits per heavy atom. The molecule has 0 unspecified atom stereocenters. The Balaban J connectivity index is 1.52. The molecule has 306 valence electrons. The summed E-state index contributed by atoms with van der Waals surface area (Å²) in [5, 5.41) is 1.78. The third-order valence-electron chi connectivity index (χ3n) is 11.4. The zero-order chi connectivity index (χ0) is 41.8. The van der Waals surface area contributed by atoms with Gasteiger partial charge in [-0.2, -0.15) is 13.2 Å². The van der Waals surface area contributed by atoms with Gasteiger partial charge in [0.25, 0.3) is 13.9 Å². The molecule has 0 saturated carbocycles. The molecule has 5 rings (SSSR count). The van der Waals surface area contributed by atoms with Crippen molar-refractivity contribution in [3.63, 3.8) is 0 Å². The summed E-state index contributed by atoms with van der Waals surface area (Å²) in [6.07, 6.45) is -2.72. The summed E-state index contributed by atoms with van der Waals surface area (Å²) < 4.78 is 68.8. The highest BCUT2D eigenvalue weighted by atomic mass is 28.4. The number of fused-ring (bicyclic) bond motifs is 1. The lowest BCUT2D eigenvalue weighted by molar-refractivity contribution is -0.278. The van der Waals surface area contributed by atoms with E-state index in [1.54, 1.807) is 26.8 Å². The van der Waals surface area contributed by atoms with Crippen LogP contribution in [0.5, 0.6) is 0 Å². The van der Waals surface area contributed by atoms with E-state index in [4.69, 9.17) is 18.6 Å². The number of rotatable bonds is 10. The van der Waals surface area contributed by atoms with Crippen molar-refractivity contribution >= 4 is 36.2 Å². The zero-order valence-electron chi connectivity index (χ0n) is 34.2. The van der Waals surface area contributed by atoms with Gasteiger partial charge < -0.3 is 18.6 Å². The summed E-state index contributed by atoms with van der Waals surface area (Å²) in [5.41, 5.74) is -3.90. The summed E-state index contributed by atoms with van der Waals surface area (Å²) in [4.78, 5) is 42.7. The van der Waals surface area contributed by atoms with Gasteiger partial charge in [0, 0.05) is 36.2 Å². The normalized spacial score (nSPS) is 25.6. The van der Waals surface area contributed by atoms with E-state index >= 15 is 0 Å².